The minimum atomic E-state index is -4.27. The molecule has 0 spiro atoms. The standard InChI is InChI=1S/C17H22F3N3S/c1-13(2)11-21-16(24)23-9-7-22(8-10-23)12-14-3-5-15(6-4-14)17(18,19)20/h3-6H,1,7-12H2,2H3,(H,21,24)/p+1. The predicted molar refractivity (Wildman–Crippen MR) is 92.8 cm³/mol. The highest BCUT2D eigenvalue weighted by molar-refractivity contribution is 7.80. The SMILES string of the molecule is C=C(C)CNC(=S)N1CC[NH+](Cc2ccc(C(F)(F)F)cc2)CC1. The summed E-state index contributed by atoms with van der Waals surface area (Å²) in [5.41, 5.74) is 1.36. The molecular weight excluding hydrogens is 335 g/mol. The van der Waals surface area contributed by atoms with Crippen LogP contribution in [0.4, 0.5) is 13.2 Å². The Labute approximate surface area is 146 Å². The molecule has 1 aromatic rings. The first kappa shape index (κ1) is 18.7. The number of thiocarbonyl (C=S) groups is 1. The van der Waals surface area contributed by atoms with Gasteiger partial charge >= 0.3 is 6.18 Å². The second-order valence-corrected chi connectivity index (χ2v) is 6.61. The van der Waals surface area contributed by atoms with Gasteiger partial charge in [0.15, 0.2) is 5.11 Å². The Bertz CT molecular complexity index is 576. The van der Waals surface area contributed by atoms with E-state index in [9.17, 15) is 13.2 Å². The number of rotatable bonds is 4. The maximum atomic E-state index is 12.6. The fraction of sp³-hybridized carbons (Fsp3) is 0.471. The van der Waals surface area contributed by atoms with Gasteiger partial charge in [0.25, 0.3) is 0 Å². The van der Waals surface area contributed by atoms with Crippen LogP contribution in [0.25, 0.3) is 0 Å². The smallest absolute Gasteiger partial charge is 0.359 e. The Morgan fingerprint density at radius 1 is 1.25 bits per heavy atom. The molecule has 0 bridgehead atoms. The van der Waals surface area contributed by atoms with Gasteiger partial charge in [0.05, 0.1) is 31.7 Å². The first-order valence-electron chi connectivity index (χ1n) is 7.92. The van der Waals surface area contributed by atoms with Crippen LogP contribution in [0.1, 0.15) is 18.1 Å². The van der Waals surface area contributed by atoms with Crippen LogP contribution >= 0.6 is 12.2 Å². The second-order valence-electron chi connectivity index (χ2n) is 6.22. The number of hydrogen-bond donors (Lipinski definition) is 2. The summed E-state index contributed by atoms with van der Waals surface area (Å²) in [6.07, 6.45) is -4.27. The molecule has 0 amide bonds. The van der Waals surface area contributed by atoms with Crippen molar-refractivity contribution in [2.75, 3.05) is 32.7 Å². The van der Waals surface area contributed by atoms with Gasteiger partial charge in [0, 0.05) is 12.1 Å². The zero-order valence-corrected chi connectivity index (χ0v) is 14.6. The molecule has 1 aromatic carbocycles. The Morgan fingerprint density at radius 2 is 1.83 bits per heavy atom. The van der Waals surface area contributed by atoms with E-state index in [0.717, 1.165) is 61.1 Å². The van der Waals surface area contributed by atoms with E-state index >= 15 is 0 Å². The highest BCUT2D eigenvalue weighted by atomic mass is 32.1. The van der Waals surface area contributed by atoms with Crippen molar-refractivity contribution in [3.8, 4) is 0 Å². The van der Waals surface area contributed by atoms with Crippen molar-refractivity contribution >= 4 is 17.3 Å². The van der Waals surface area contributed by atoms with Crippen LogP contribution < -0.4 is 10.2 Å². The molecule has 1 aliphatic heterocycles. The number of piperazine rings is 1. The molecule has 0 unspecified atom stereocenters. The Morgan fingerprint density at radius 3 is 2.33 bits per heavy atom. The number of hydrogen-bond acceptors (Lipinski definition) is 1. The van der Waals surface area contributed by atoms with E-state index in [0.29, 0.717) is 6.54 Å². The van der Waals surface area contributed by atoms with Gasteiger partial charge in [-0.15, -0.1) is 0 Å². The molecule has 2 N–H and O–H groups in total. The fourth-order valence-corrected chi connectivity index (χ4v) is 2.90. The molecule has 1 fully saturated rings. The van der Waals surface area contributed by atoms with Crippen LogP contribution in [-0.4, -0.2) is 42.7 Å². The van der Waals surface area contributed by atoms with Crippen molar-refractivity contribution in [1.82, 2.24) is 10.2 Å². The van der Waals surface area contributed by atoms with Crippen LogP contribution in [0.2, 0.25) is 0 Å². The van der Waals surface area contributed by atoms with Gasteiger partial charge in [-0.2, -0.15) is 13.2 Å². The van der Waals surface area contributed by atoms with Crippen molar-refractivity contribution < 1.29 is 18.1 Å². The van der Waals surface area contributed by atoms with Crippen LogP contribution in [0.5, 0.6) is 0 Å². The zero-order valence-electron chi connectivity index (χ0n) is 13.7. The summed E-state index contributed by atoms with van der Waals surface area (Å²) >= 11 is 5.37. The average Bonchev–Trinajstić information content (AvgIpc) is 2.53. The molecule has 1 saturated heterocycles. The number of nitrogens with zero attached hydrogens (tertiary/aromatic N) is 1. The maximum Gasteiger partial charge on any atom is 0.416 e. The van der Waals surface area contributed by atoms with E-state index in [1.54, 1.807) is 12.1 Å². The first-order valence-corrected chi connectivity index (χ1v) is 8.33. The molecule has 0 saturated carbocycles. The molecule has 24 heavy (non-hydrogen) atoms. The number of benzene rings is 1. The van der Waals surface area contributed by atoms with Crippen LogP contribution in [0, 0.1) is 0 Å². The topological polar surface area (TPSA) is 19.7 Å². The summed E-state index contributed by atoms with van der Waals surface area (Å²) in [6.45, 7) is 10.7. The molecule has 132 valence electrons. The minimum Gasteiger partial charge on any atom is -0.359 e. The molecule has 3 nitrogen and oxygen atoms in total. The molecule has 0 atom stereocenters. The quantitative estimate of drug-likeness (QED) is 0.633. The lowest BCUT2D eigenvalue weighted by molar-refractivity contribution is -0.917. The van der Waals surface area contributed by atoms with Crippen LogP contribution in [0.3, 0.4) is 0 Å². The van der Waals surface area contributed by atoms with Gasteiger partial charge in [-0.3, -0.25) is 0 Å². The van der Waals surface area contributed by atoms with Crippen molar-refractivity contribution in [2.24, 2.45) is 0 Å². The minimum absolute atomic E-state index is 0.597. The highest BCUT2D eigenvalue weighted by Gasteiger charge is 2.30. The number of alkyl halides is 3. The van der Waals surface area contributed by atoms with E-state index in [-0.39, 0.29) is 0 Å². The fourth-order valence-electron chi connectivity index (χ4n) is 2.64. The van der Waals surface area contributed by atoms with Gasteiger partial charge in [0.1, 0.15) is 6.54 Å². The third kappa shape index (κ3) is 5.49. The maximum absolute atomic E-state index is 12.6. The van der Waals surface area contributed by atoms with E-state index in [4.69, 9.17) is 12.2 Å². The summed E-state index contributed by atoms with van der Waals surface area (Å²) in [6, 6.07) is 5.45. The van der Waals surface area contributed by atoms with Crippen molar-refractivity contribution in [3.05, 3.63) is 47.5 Å². The third-order valence-electron chi connectivity index (χ3n) is 4.03. The van der Waals surface area contributed by atoms with Gasteiger partial charge in [-0.25, -0.2) is 0 Å². The van der Waals surface area contributed by atoms with Gasteiger partial charge in [0.2, 0.25) is 0 Å². The Balaban J connectivity index is 1.80. The molecule has 0 aliphatic carbocycles. The van der Waals surface area contributed by atoms with Crippen LogP contribution in [0.15, 0.2) is 36.4 Å². The summed E-state index contributed by atoms with van der Waals surface area (Å²) in [4.78, 5) is 3.49. The van der Waals surface area contributed by atoms with E-state index < -0.39 is 11.7 Å². The first-order chi connectivity index (χ1) is 11.3. The zero-order chi connectivity index (χ0) is 17.7. The average molecular weight is 358 g/mol. The molecule has 0 radical (unpaired) electrons. The molecule has 2 rings (SSSR count). The molecule has 1 heterocycles. The van der Waals surface area contributed by atoms with Crippen molar-refractivity contribution in [2.45, 2.75) is 19.6 Å². The van der Waals surface area contributed by atoms with Crippen LogP contribution in [-0.2, 0) is 12.7 Å². The largest absolute Gasteiger partial charge is 0.416 e. The molecular formula is C17H23F3N3S+. The summed E-state index contributed by atoms with van der Waals surface area (Å²) < 4.78 is 37.7. The number of halogens is 3. The number of quaternary nitrogens is 1. The second kappa shape index (κ2) is 7.98. The summed E-state index contributed by atoms with van der Waals surface area (Å²) in [5, 5.41) is 3.92. The van der Waals surface area contributed by atoms with Gasteiger partial charge < -0.3 is 15.1 Å². The highest BCUT2D eigenvalue weighted by Crippen LogP contribution is 2.28. The summed E-state index contributed by atoms with van der Waals surface area (Å²) in [7, 11) is 0. The molecule has 0 aromatic heterocycles. The lowest BCUT2D eigenvalue weighted by Gasteiger charge is -2.34. The third-order valence-corrected chi connectivity index (χ3v) is 4.44. The van der Waals surface area contributed by atoms with E-state index in [1.165, 1.54) is 4.90 Å². The monoisotopic (exact) mass is 358 g/mol. The summed E-state index contributed by atoms with van der Waals surface area (Å²) in [5.74, 6) is 0. The van der Waals surface area contributed by atoms with E-state index in [2.05, 4.69) is 16.8 Å². The lowest BCUT2D eigenvalue weighted by Crippen LogP contribution is -3.13. The van der Waals surface area contributed by atoms with Crippen molar-refractivity contribution in [1.29, 1.82) is 0 Å². The Hall–Kier alpha value is -1.60. The van der Waals surface area contributed by atoms with Crippen molar-refractivity contribution in [3.63, 3.8) is 0 Å². The number of nitrogens with one attached hydrogen (secondary N) is 2. The van der Waals surface area contributed by atoms with Gasteiger partial charge in [-0.1, -0.05) is 24.3 Å². The lowest BCUT2D eigenvalue weighted by atomic mass is 10.1. The normalized spacial score (nSPS) is 16.1. The van der Waals surface area contributed by atoms with E-state index in [1.807, 2.05) is 6.92 Å². The van der Waals surface area contributed by atoms with Gasteiger partial charge in [-0.05, 0) is 31.3 Å². The predicted octanol–water partition coefficient (Wildman–Crippen LogP) is 1.86. The Kier molecular flexibility index (Phi) is 6.23. The molecule has 1 aliphatic rings. The molecule has 7 heteroatoms.